The SMILES string of the molecule is CC1CCc2ccccc2N=C(Cl)C1=N. The number of aliphatic imine (C=N–C) groups is 1. The molecule has 1 aromatic rings. The fraction of sp³-hybridized carbons (Fsp3) is 0.333. The van der Waals surface area contributed by atoms with Gasteiger partial charge in [0.2, 0.25) is 0 Å². The second-order valence-electron chi connectivity index (χ2n) is 3.88. The smallest absolute Gasteiger partial charge is 0.150 e. The van der Waals surface area contributed by atoms with Gasteiger partial charge in [0.1, 0.15) is 0 Å². The Morgan fingerprint density at radius 1 is 1.40 bits per heavy atom. The van der Waals surface area contributed by atoms with E-state index in [0.717, 1.165) is 18.5 Å². The molecule has 0 bridgehead atoms. The fourth-order valence-electron chi connectivity index (χ4n) is 1.72. The lowest BCUT2D eigenvalue weighted by Gasteiger charge is -2.16. The molecule has 0 aromatic heterocycles. The van der Waals surface area contributed by atoms with E-state index in [2.05, 4.69) is 11.1 Å². The normalized spacial score (nSPS) is 21.3. The van der Waals surface area contributed by atoms with Gasteiger partial charge in [-0.1, -0.05) is 36.7 Å². The zero-order valence-corrected chi connectivity index (χ0v) is 9.38. The van der Waals surface area contributed by atoms with Crippen molar-refractivity contribution in [3.63, 3.8) is 0 Å². The molecule has 0 saturated carbocycles. The Balaban J connectivity index is 2.47. The summed E-state index contributed by atoms with van der Waals surface area (Å²) in [5.41, 5.74) is 2.57. The van der Waals surface area contributed by atoms with Crippen molar-refractivity contribution in [2.24, 2.45) is 10.9 Å². The zero-order chi connectivity index (χ0) is 10.8. The highest BCUT2D eigenvalue weighted by Crippen LogP contribution is 2.26. The Morgan fingerprint density at radius 3 is 2.93 bits per heavy atom. The molecule has 1 aliphatic heterocycles. The second kappa shape index (κ2) is 4.15. The lowest BCUT2D eigenvalue weighted by atomic mass is 9.95. The van der Waals surface area contributed by atoms with Crippen molar-refractivity contribution in [2.75, 3.05) is 0 Å². The van der Waals surface area contributed by atoms with Gasteiger partial charge in [0.15, 0.2) is 5.17 Å². The number of nitrogens with zero attached hydrogens (tertiary/aromatic N) is 1. The zero-order valence-electron chi connectivity index (χ0n) is 8.63. The van der Waals surface area contributed by atoms with Gasteiger partial charge in [-0.05, 0) is 24.5 Å². The molecule has 15 heavy (non-hydrogen) atoms. The van der Waals surface area contributed by atoms with Crippen LogP contribution in [0.25, 0.3) is 0 Å². The summed E-state index contributed by atoms with van der Waals surface area (Å²) in [5, 5.41) is 8.14. The van der Waals surface area contributed by atoms with Gasteiger partial charge >= 0.3 is 0 Å². The first-order chi connectivity index (χ1) is 7.18. The van der Waals surface area contributed by atoms with Crippen LogP contribution in [-0.2, 0) is 6.42 Å². The highest BCUT2D eigenvalue weighted by atomic mass is 35.5. The van der Waals surface area contributed by atoms with Crippen molar-refractivity contribution in [1.29, 1.82) is 5.41 Å². The average Bonchev–Trinajstić information content (AvgIpc) is 2.25. The topological polar surface area (TPSA) is 36.2 Å². The van der Waals surface area contributed by atoms with E-state index in [1.165, 1.54) is 5.56 Å². The summed E-state index contributed by atoms with van der Waals surface area (Å²) in [7, 11) is 0. The van der Waals surface area contributed by atoms with Crippen LogP contribution in [0.2, 0.25) is 0 Å². The highest BCUT2D eigenvalue weighted by Gasteiger charge is 2.17. The number of hydrogen-bond donors (Lipinski definition) is 1. The van der Waals surface area contributed by atoms with E-state index >= 15 is 0 Å². The number of rotatable bonds is 0. The van der Waals surface area contributed by atoms with Gasteiger partial charge in [-0.25, -0.2) is 4.99 Å². The second-order valence-corrected chi connectivity index (χ2v) is 4.24. The lowest BCUT2D eigenvalue weighted by molar-refractivity contribution is 0.683. The van der Waals surface area contributed by atoms with Gasteiger partial charge in [-0.2, -0.15) is 0 Å². The van der Waals surface area contributed by atoms with Gasteiger partial charge in [0.25, 0.3) is 0 Å². The molecule has 1 atom stereocenters. The third kappa shape index (κ3) is 2.10. The molecule has 1 heterocycles. The third-order valence-corrected chi connectivity index (χ3v) is 3.06. The molecule has 2 nitrogen and oxygen atoms in total. The summed E-state index contributed by atoms with van der Waals surface area (Å²) in [6.45, 7) is 2.02. The van der Waals surface area contributed by atoms with Crippen LogP contribution in [0, 0.1) is 11.3 Å². The molecule has 0 amide bonds. The van der Waals surface area contributed by atoms with Crippen molar-refractivity contribution in [1.82, 2.24) is 0 Å². The first-order valence-electron chi connectivity index (χ1n) is 5.09. The maximum absolute atomic E-state index is 7.82. The average molecular weight is 221 g/mol. The van der Waals surface area contributed by atoms with Gasteiger partial charge in [-0.15, -0.1) is 0 Å². The molecule has 2 rings (SSSR count). The van der Waals surface area contributed by atoms with Gasteiger partial charge < -0.3 is 5.41 Å². The summed E-state index contributed by atoms with van der Waals surface area (Å²) in [6.07, 6.45) is 1.93. The van der Waals surface area contributed by atoms with Crippen LogP contribution in [-0.4, -0.2) is 10.9 Å². The van der Waals surface area contributed by atoms with Crippen LogP contribution in [0.5, 0.6) is 0 Å². The number of fused-ring (bicyclic) bond motifs is 1. The summed E-state index contributed by atoms with van der Waals surface area (Å²) in [4.78, 5) is 4.29. The van der Waals surface area contributed by atoms with Gasteiger partial charge in [0.05, 0.1) is 11.4 Å². The lowest BCUT2D eigenvalue weighted by Crippen LogP contribution is -2.18. The summed E-state index contributed by atoms with van der Waals surface area (Å²) < 4.78 is 0. The summed E-state index contributed by atoms with van der Waals surface area (Å²) in [5.74, 6) is 0.189. The minimum absolute atomic E-state index is 0.189. The van der Waals surface area contributed by atoms with E-state index in [9.17, 15) is 0 Å². The Kier molecular flexibility index (Phi) is 2.87. The highest BCUT2D eigenvalue weighted by molar-refractivity contribution is 6.83. The summed E-state index contributed by atoms with van der Waals surface area (Å²) >= 11 is 5.99. The first kappa shape index (κ1) is 10.4. The van der Waals surface area contributed by atoms with Crippen LogP contribution in [0.3, 0.4) is 0 Å². The van der Waals surface area contributed by atoms with Crippen LogP contribution < -0.4 is 0 Å². The largest absolute Gasteiger partial charge is 0.302 e. The maximum atomic E-state index is 7.82. The molecule has 1 N–H and O–H groups in total. The molecule has 0 fully saturated rings. The number of benzene rings is 1. The van der Waals surface area contributed by atoms with Crippen LogP contribution >= 0.6 is 11.6 Å². The number of halogens is 1. The predicted molar refractivity (Wildman–Crippen MR) is 64.6 cm³/mol. The van der Waals surface area contributed by atoms with E-state index in [4.69, 9.17) is 17.0 Å². The number of para-hydroxylation sites is 1. The van der Waals surface area contributed by atoms with Crippen LogP contribution in [0.15, 0.2) is 29.3 Å². The molecule has 0 saturated heterocycles. The minimum atomic E-state index is 0.189. The van der Waals surface area contributed by atoms with Gasteiger partial charge in [-0.3, -0.25) is 0 Å². The molecular formula is C12H13ClN2. The Labute approximate surface area is 94.5 Å². The number of nitrogens with one attached hydrogen (secondary N) is 1. The van der Waals surface area contributed by atoms with Crippen molar-refractivity contribution in [3.8, 4) is 0 Å². The van der Waals surface area contributed by atoms with Gasteiger partial charge in [0, 0.05) is 5.92 Å². The Hall–Kier alpha value is -1.15. The Bertz CT molecular complexity index is 423. The maximum Gasteiger partial charge on any atom is 0.150 e. The summed E-state index contributed by atoms with van der Waals surface area (Å²) in [6, 6.07) is 7.98. The monoisotopic (exact) mass is 220 g/mol. The molecule has 0 spiro atoms. The molecule has 78 valence electrons. The van der Waals surface area contributed by atoms with E-state index < -0.39 is 0 Å². The first-order valence-corrected chi connectivity index (χ1v) is 5.47. The molecule has 1 aromatic carbocycles. The third-order valence-electron chi connectivity index (χ3n) is 2.77. The van der Waals surface area contributed by atoms with E-state index in [1.54, 1.807) is 0 Å². The van der Waals surface area contributed by atoms with Crippen LogP contribution in [0.4, 0.5) is 5.69 Å². The molecule has 0 aliphatic carbocycles. The number of hydrogen-bond acceptors (Lipinski definition) is 2. The molecule has 0 radical (unpaired) electrons. The Morgan fingerprint density at radius 2 is 2.13 bits per heavy atom. The quantitative estimate of drug-likeness (QED) is 0.694. The van der Waals surface area contributed by atoms with Crippen molar-refractivity contribution in [2.45, 2.75) is 19.8 Å². The minimum Gasteiger partial charge on any atom is -0.302 e. The molecule has 1 aliphatic rings. The van der Waals surface area contributed by atoms with Crippen molar-refractivity contribution < 1.29 is 0 Å². The molecule has 1 unspecified atom stereocenters. The van der Waals surface area contributed by atoms with E-state index in [-0.39, 0.29) is 5.92 Å². The van der Waals surface area contributed by atoms with E-state index in [0.29, 0.717) is 10.9 Å². The number of aryl methyl sites for hydroxylation is 1. The van der Waals surface area contributed by atoms with E-state index in [1.807, 2.05) is 25.1 Å². The molecule has 3 heteroatoms. The standard InChI is InChI=1S/C12H13ClN2/c1-8-6-7-9-4-2-3-5-10(9)15-12(13)11(8)14/h2-5,8,14H,6-7H2,1H3. The van der Waals surface area contributed by atoms with Crippen molar-refractivity contribution in [3.05, 3.63) is 29.8 Å². The van der Waals surface area contributed by atoms with Crippen LogP contribution in [0.1, 0.15) is 18.9 Å². The molecular weight excluding hydrogens is 208 g/mol. The fourth-order valence-corrected chi connectivity index (χ4v) is 1.99. The predicted octanol–water partition coefficient (Wildman–Crippen LogP) is 3.56. The van der Waals surface area contributed by atoms with Crippen molar-refractivity contribution >= 4 is 28.2 Å².